The fourth-order valence-electron chi connectivity index (χ4n) is 1.88. The number of nitrogens with zero attached hydrogens (tertiary/aromatic N) is 2. The second-order valence-corrected chi connectivity index (χ2v) is 4.55. The van der Waals surface area contributed by atoms with Crippen LogP contribution in [0.2, 0.25) is 0 Å². The summed E-state index contributed by atoms with van der Waals surface area (Å²) < 4.78 is 5.54. The van der Waals surface area contributed by atoms with E-state index in [1.807, 2.05) is 0 Å². The highest BCUT2D eigenvalue weighted by atomic mass is 16.9. The number of pyridine rings is 1. The van der Waals surface area contributed by atoms with Gasteiger partial charge in [-0.05, 0) is 29.8 Å². The second-order valence-electron chi connectivity index (χ2n) is 4.55. The van der Waals surface area contributed by atoms with Gasteiger partial charge >= 0.3 is 0 Å². The molecule has 0 radical (unpaired) electrons. The molecule has 0 amide bonds. The molecule has 2 rings (SSSR count). The molecule has 1 aromatic carbocycles. The Morgan fingerprint density at radius 3 is 2.61 bits per heavy atom. The third kappa shape index (κ3) is 4.75. The van der Waals surface area contributed by atoms with Crippen LogP contribution in [0, 0.1) is 10.1 Å². The van der Waals surface area contributed by atoms with Crippen LogP contribution in [0.3, 0.4) is 0 Å². The largest absolute Gasteiger partial charge is 0.487 e. The first-order valence-corrected chi connectivity index (χ1v) is 6.66. The molecule has 0 fully saturated rings. The fourth-order valence-corrected chi connectivity index (χ4v) is 1.88. The molecule has 2 aromatic rings. The summed E-state index contributed by atoms with van der Waals surface area (Å²) >= 11 is 0. The van der Waals surface area contributed by atoms with Gasteiger partial charge in [0.25, 0.3) is 5.09 Å². The summed E-state index contributed by atoms with van der Waals surface area (Å²) in [6.45, 7) is -0.321. The summed E-state index contributed by atoms with van der Waals surface area (Å²) in [6, 6.07) is 9.75. The minimum absolute atomic E-state index is 0.0889. The number of carbonyl (C=O) groups excluding carboxylic acids is 1. The van der Waals surface area contributed by atoms with Crippen LogP contribution in [0.4, 0.5) is 0 Å². The lowest BCUT2D eigenvalue weighted by atomic mass is 10.1. The number of aliphatic hydroxyl groups excluding tert-OH is 1. The van der Waals surface area contributed by atoms with Crippen LogP contribution in [0.1, 0.15) is 27.3 Å². The molecular weight excluding hydrogens is 304 g/mol. The molecule has 23 heavy (non-hydrogen) atoms. The highest BCUT2D eigenvalue weighted by Crippen LogP contribution is 2.19. The Balaban J connectivity index is 2.04. The number of aromatic nitrogens is 1. The van der Waals surface area contributed by atoms with Gasteiger partial charge in [0.05, 0.1) is 23.6 Å². The smallest absolute Gasteiger partial charge is 0.294 e. The van der Waals surface area contributed by atoms with Crippen LogP contribution in [0.5, 0.6) is 5.75 Å². The highest BCUT2D eigenvalue weighted by molar-refractivity contribution is 5.79. The first-order valence-electron chi connectivity index (χ1n) is 6.66. The topological polar surface area (TPSA) is 112 Å². The van der Waals surface area contributed by atoms with Gasteiger partial charge in [0.15, 0.2) is 6.29 Å². The summed E-state index contributed by atoms with van der Waals surface area (Å²) in [5.74, 6) is 0.367. The lowest BCUT2D eigenvalue weighted by Crippen LogP contribution is -2.05. The Kier molecular flexibility index (Phi) is 5.59. The van der Waals surface area contributed by atoms with E-state index in [0.29, 0.717) is 34.6 Å². The van der Waals surface area contributed by atoms with Crippen molar-refractivity contribution in [3.8, 4) is 5.75 Å². The van der Waals surface area contributed by atoms with E-state index in [-0.39, 0.29) is 19.8 Å². The Morgan fingerprint density at radius 2 is 1.96 bits per heavy atom. The number of carbonyl (C=O) groups is 1. The van der Waals surface area contributed by atoms with Gasteiger partial charge in [-0.1, -0.05) is 12.1 Å². The number of aldehydes is 1. The monoisotopic (exact) mass is 318 g/mol. The minimum Gasteiger partial charge on any atom is -0.487 e. The lowest BCUT2D eigenvalue weighted by Gasteiger charge is -2.10. The van der Waals surface area contributed by atoms with E-state index in [0.717, 1.165) is 0 Å². The van der Waals surface area contributed by atoms with Crippen LogP contribution >= 0.6 is 0 Å². The third-order valence-corrected chi connectivity index (χ3v) is 2.94. The van der Waals surface area contributed by atoms with Gasteiger partial charge in [0, 0.05) is 0 Å². The van der Waals surface area contributed by atoms with Crippen molar-refractivity contribution in [3.05, 3.63) is 69.0 Å². The van der Waals surface area contributed by atoms with E-state index in [9.17, 15) is 14.9 Å². The molecule has 0 atom stereocenters. The molecule has 0 unspecified atom stereocenters. The number of rotatable bonds is 8. The van der Waals surface area contributed by atoms with E-state index in [1.165, 1.54) is 6.07 Å². The maximum atomic E-state index is 11.1. The van der Waals surface area contributed by atoms with Gasteiger partial charge in [0.1, 0.15) is 19.0 Å². The Morgan fingerprint density at radius 1 is 1.22 bits per heavy atom. The number of hydrogen-bond donors (Lipinski definition) is 1. The Bertz CT molecular complexity index is 704. The SMILES string of the molecule is O=Cc1cc(CO)ccc1OCc1cccc(CO[N+](=O)[O-])n1. The van der Waals surface area contributed by atoms with Crippen LogP contribution in [0.25, 0.3) is 0 Å². The minimum atomic E-state index is -0.885. The fraction of sp³-hybridized carbons (Fsp3) is 0.200. The van der Waals surface area contributed by atoms with E-state index in [2.05, 4.69) is 9.82 Å². The lowest BCUT2D eigenvalue weighted by molar-refractivity contribution is -0.763. The van der Waals surface area contributed by atoms with Crippen LogP contribution in [-0.2, 0) is 24.7 Å². The zero-order valence-electron chi connectivity index (χ0n) is 12.0. The average molecular weight is 318 g/mol. The molecule has 0 aliphatic heterocycles. The van der Waals surface area contributed by atoms with Crippen molar-refractivity contribution in [2.24, 2.45) is 0 Å². The second kappa shape index (κ2) is 7.85. The molecule has 1 aromatic heterocycles. The predicted molar refractivity (Wildman–Crippen MR) is 78.1 cm³/mol. The first kappa shape index (κ1) is 16.4. The number of aliphatic hydroxyl groups is 1. The summed E-state index contributed by atoms with van der Waals surface area (Å²) in [4.78, 5) is 29.6. The molecule has 0 aliphatic carbocycles. The van der Waals surface area contributed by atoms with Crippen molar-refractivity contribution in [2.75, 3.05) is 0 Å². The molecule has 8 heteroatoms. The summed E-state index contributed by atoms with van der Waals surface area (Å²) in [5.41, 5.74) is 1.87. The van der Waals surface area contributed by atoms with Crippen molar-refractivity contribution in [3.63, 3.8) is 0 Å². The van der Waals surface area contributed by atoms with Crippen molar-refractivity contribution >= 4 is 6.29 Å². The molecule has 120 valence electrons. The Hall–Kier alpha value is -3.00. The molecule has 0 aliphatic rings. The van der Waals surface area contributed by atoms with E-state index < -0.39 is 5.09 Å². The van der Waals surface area contributed by atoms with Gasteiger partial charge in [-0.25, -0.2) is 0 Å². The van der Waals surface area contributed by atoms with Gasteiger partial charge in [-0.15, -0.1) is 10.1 Å². The molecule has 0 saturated carbocycles. The molecule has 8 nitrogen and oxygen atoms in total. The van der Waals surface area contributed by atoms with Gasteiger partial charge in [-0.2, -0.15) is 0 Å². The summed E-state index contributed by atoms with van der Waals surface area (Å²) in [5, 5.41) is 18.3. The number of benzene rings is 1. The van der Waals surface area contributed by atoms with Crippen LogP contribution in [0.15, 0.2) is 36.4 Å². The highest BCUT2D eigenvalue weighted by Gasteiger charge is 2.06. The normalized spacial score (nSPS) is 10.1. The van der Waals surface area contributed by atoms with Gasteiger partial charge in [-0.3, -0.25) is 9.78 Å². The van der Waals surface area contributed by atoms with Crippen molar-refractivity contribution in [1.82, 2.24) is 4.98 Å². The van der Waals surface area contributed by atoms with Crippen molar-refractivity contribution in [1.29, 1.82) is 0 Å². The van der Waals surface area contributed by atoms with Gasteiger partial charge in [0.2, 0.25) is 0 Å². The first-order chi connectivity index (χ1) is 11.1. The standard InChI is InChI=1S/C15H14N2O6/c18-7-11-4-5-15(12(6-11)8-19)22-9-13-2-1-3-14(16-13)10-23-17(20)21/h1-6,8,18H,7,9-10H2. The Labute approximate surface area is 131 Å². The quantitative estimate of drug-likeness (QED) is 0.447. The zero-order valence-corrected chi connectivity index (χ0v) is 12.0. The molecule has 0 saturated heterocycles. The van der Waals surface area contributed by atoms with E-state index >= 15 is 0 Å². The maximum absolute atomic E-state index is 11.1. The van der Waals surface area contributed by atoms with Crippen molar-refractivity contribution in [2.45, 2.75) is 19.8 Å². The number of hydrogen-bond acceptors (Lipinski definition) is 7. The molecule has 1 N–H and O–H groups in total. The third-order valence-electron chi connectivity index (χ3n) is 2.94. The van der Waals surface area contributed by atoms with E-state index in [1.54, 1.807) is 30.3 Å². The molecular formula is C15H14N2O6. The molecule has 1 heterocycles. The maximum Gasteiger partial charge on any atom is 0.294 e. The predicted octanol–water partition coefficient (Wildman–Crippen LogP) is 1.67. The van der Waals surface area contributed by atoms with Crippen molar-refractivity contribution < 1.29 is 24.6 Å². The van der Waals surface area contributed by atoms with E-state index in [4.69, 9.17) is 9.84 Å². The average Bonchev–Trinajstić information content (AvgIpc) is 2.58. The van der Waals surface area contributed by atoms with Crippen LogP contribution in [-0.4, -0.2) is 21.5 Å². The van der Waals surface area contributed by atoms with Gasteiger partial charge < -0.3 is 14.7 Å². The van der Waals surface area contributed by atoms with Crippen LogP contribution < -0.4 is 4.74 Å². The number of ether oxygens (including phenoxy) is 1. The molecule has 0 spiro atoms. The zero-order chi connectivity index (χ0) is 16.7. The molecule has 0 bridgehead atoms. The summed E-state index contributed by atoms with van der Waals surface area (Å²) in [7, 11) is 0. The summed E-state index contributed by atoms with van der Waals surface area (Å²) in [6.07, 6.45) is 0.642.